The molecule has 10 heteroatoms. The van der Waals surface area contributed by atoms with Gasteiger partial charge in [0.15, 0.2) is 0 Å². The number of carbonyl (C=O) groups excluding carboxylic acids is 2. The van der Waals surface area contributed by atoms with Crippen molar-refractivity contribution >= 4 is 52.6 Å². The maximum Gasteiger partial charge on any atom is 0.408 e. The Bertz CT molecular complexity index is 1350. The van der Waals surface area contributed by atoms with Crippen molar-refractivity contribution in [3.63, 3.8) is 0 Å². The Morgan fingerprint density at radius 2 is 1.97 bits per heavy atom. The number of thioether (sulfide) groups is 1. The third-order valence-electron chi connectivity index (χ3n) is 6.34. The van der Waals surface area contributed by atoms with Crippen LogP contribution in [-0.2, 0) is 16.0 Å². The average molecular weight is 475 g/mol. The lowest BCUT2D eigenvalue weighted by molar-refractivity contribution is -0.116. The molecule has 3 heterocycles. The molecule has 9 nitrogen and oxygen atoms in total. The van der Waals surface area contributed by atoms with Crippen LogP contribution in [0.5, 0.6) is 0 Å². The predicted molar refractivity (Wildman–Crippen MR) is 130 cm³/mol. The van der Waals surface area contributed by atoms with Crippen LogP contribution in [0.25, 0.3) is 0 Å². The van der Waals surface area contributed by atoms with E-state index in [1.807, 2.05) is 43.3 Å². The molecule has 0 radical (unpaired) electrons. The summed E-state index contributed by atoms with van der Waals surface area (Å²) in [4.78, 5) is 35.5. The quantitative estimate of drug-likeness (QED) is 0.520. The number of fused-ring (bicyclic) bond motifs is 4. The first kappa shape index (κ1) is 20.8. The van der Waals surface area contributed by atoms with Crippen LogP contribution in [0.4, 0.5) is 33.6 Å². The Labute approximate surface area is 200 Å². The highest BCUT2D eigenvalue weighted by Gasteiger charge is 2.41. The number of nitrogens with zero attached hydrogens (tertiary/aromatic N) is 3. The molecule has 1 saturated heterocycles. The molecule has 34 heavy (non-hydrogen) atoms. The van der Waals surface area contributed by atoms with Crippen molar-refractivity contribution in [2.45, 2.75) is 30.4 Å². The van der Waals surface area contributed by atoms with Gasteiger partial charge in [0.2, 0.25) is 11.9 Å². The second-order valence-corrected chi connectivity index (χ2v) is 9.60. The zero-order chi connectivity index (χ0) is 23.4. The molecule has 0 spiro atoms. The lowest BCUT2D eigenvalue weighted by Crippen LogP contribution is -2.31. The van der Waals surface area contributed by atoms with E-state index in [0.29, 0.717) is 23.9 Å². The number of hydrogen-bond donors (Lipinski definition) is 3. The fraction of sp³-hybridized carbons (Fsp3) is 0.250. The number of hydrogen-bond acceptors (Lipinski definition) is 8. The minimum absolute atomic E-state index is 0.0868. The molecule has 6 rings (SSSR count). The lowest BCUT2D eigenvalue weighted by Gasteiger charge is -2.25. The summed E-state index contributed by atoms with van der Waals surface area (Å²) in [7, 11) is 1.80. The van der Waals surface area contributed by atoms with Crippen molar-refractivity contribution < 1.29 is 14.3 Å². The van der Waals surface area contributed by atoms with Gasteiger partial charge < -0.3 is 25.6 Å². The van der Waals surface area contributed by atoms with E-state index in [0.717, 1.165) is 33.1 Å². The highest BCUT2D eigenvalue weighted by atomic mass is 32.2. The van der Waals surface area contributed by atoms with Crippen molar-refractivity contribution in [1.82, 2.24) is 15.3 Å². The molecule has 172 valence electrons. The van der Waals surface area contributed by atoms with Gasteiger partial charge in [-0.1, -0.05) is 6.07 Å². The van der Waals surface area contributed by atoms with Crippen LogP contribution in [0.2, 0.25) is 0 Å². The van der Waals surface area contributed by atoms with Gasteiger partial charge in [-0.2, -0.15) is 4.98 Å². The third kappa shape index (κ3) is 3.60. The zero-order valence-electron chi connectivity index (χ0n) is 18.6. The number of anilines is 5. The van der Waals surface area contributed by atoms with Crippen LogP contribution < -0.4 is 20.9 Å². The topological polar surface area (TPSA) is 108 Å². The Morgan fingerprint density at radius 1 is 1.15 bits per heavy atom. The summed E-state index contributed by atoms with van der Waals surface area (Å²) in [5.41, 5.74) is 5.68. The standard InChI is InChI=1S/C24H22N6O3S/c1-12-10-25-23(27-14-4-3-13-7-18-21(16(13)8-14)28-24(32)33-18)29-22(12)26-15-5-6-19-17(9-15)30(2)20(31)11-34-19/h3-6,8-10,18,21H,7,11H2,1-2H3,(H,28,32)(H2,25,26,27,29)/t18?,21-/m1/s1. The minimum atomic E-state index is -0.368. The number of aryl methyl sites for hydroxylation is 1. The van der Waals surface area contributed by atoms with Crippen LogP contribution >= 0.6 is 11.8 Å². The first-order chi connectivity index (χ1) is 16.4. The molecule has 1 unspecified atom stereocenters. The molecule has 1 aromatic heterocycles. The number of rotatable bonds is 4. The Hall–Kier alpha value is -3.79. The van der Waals surface area contributed by atoms with Gasteiger partial charge in [0.1, 0.15) is 11.9 Å². The van der Waals surface area contributed by atoms with Crippen molar-refractivity contribution in [2.75, 3.05) is 28.3 Å². The summed E-state index contributed by atoms with van der Waals surface area (Å²) in [6.45, 7) is 1.94. The summed E-state index contributed by atoms with van der Waals surface area (Å²) in [6, 6.07) is 11.9. The van der Waals surface area contributed by atoms with Gasteiger partial charge in [-0.25, -0.2) is 9.78 Å². The summed E-state index contributed by atoms with van der Waals surface area (Å²) in [6.07, 6.45) is 1.96. The van der Waals surface area contributed by atoms with Crippen molar-refractivity contribution in [3.05, 3.63) is 59.3 Å². The summed E-state index contributed by atoms with van der Waals surface area (Å²) in [5, 5.41) is 9.51. The molecule has 3 aliphatic rings. The molecule has 0 saturated carbocycles. The van der Waals surface area contributed by atoms with Gasteiger partial charge in [-0.15, -0.1) is 11.8 Å². The van der Waals surface area contributed by atoms with Crippen LogP contribution in [0.15, 0.2) is 47.5 Å². The smallest absolute Gasteiger partial charge is 0.408 e. The molecule has 2 aliphatic heterocycles. The molecular formula is C24H22N6O3S. The maximum atomic E-state index is 12.1. The number of nitrogens with one attached hydrogen (secondary N) is 3. The fourth-order valence-corrected chi connectivity index (χ4v) is 5.49. The molecule has 0 bridgehead atoms. The van der Waals surface area contributed by atoms with E-state index in [4.69, 9.17) is 4.74 Å². The van der Waals surface area contributed by atoms with Crippen LogP contribution in [0.1, 0.15) is 22.7 Å². The predicted octanol–water partition coefficient (Wildman–Crippen LogP) is 4.05. The second kappa shape index (κ2) is 7.91. The van der Waals surface area contributed by atoms with E-state index in [1.165, 1.54) is 5.56 Å². The first-order valence-electron chi connectivity index (χ1n) is 11.0. The maximum absolute atomic E-state index is 12.1. The molecule has 3 N–H and O–H groups in total. The third-order valence-corrected chi connectivity index (χ3v) is 7.39. The zero-order valence-corrected chi connectivity index (χ0v) is 19.4. The lowest BCUT2D eigenvalue weighted by atomic mass is 10.1. The van der Waals surface area contributed by atoms with Crippen LogP contribution in [0.3, 0.4) is 0 Å². The van der Waals surface area contributed by atoms with Crippen molar-refractivity contribution in [1.29, 1.82) is 0 Å². The van der Waals surface area contributed by atoms with E-state index in [2.05, 4.69) is 25.9 Å². The number of benzene rings is 2. The first-order valence-corrected chi connectivity index (χ1v) is 11.9. The number of carbonyl (C=O) groups is 2. The molecule has 2 atom stereocenters. The molecule has 1 aliphatic carbocycles. The monoisotopic (exact) mass is 474 g/mol. The molecule has 1 fully saturated rings. The summed E-state index contributed by atoms with van der Waals surface area (Å²) in [5.74, 6) is 1.67. The summed E-state index contributed by atoms with van der Waals surface area (Å²) >= 11 is 1.55. The van der Waals surface area contributed by atoms with Gasteiger partial charge in [-0.3, -0.25) is 4.79 Å². The molecule has 3 aromatic rings. The molecule has 2 amide bonds. The Kier molecular flexibility index (Phi) is 4.84. The largest absolute Gasteiger partial charge is 0.443 e. The minimum Gasteiger partial charge on any atom is -0.443 e. The van der Waals surface area contributed by atoms with E-state index in [1.54, 1.807) is 29.9 Å². The van der Waals surface area contributed by atoms with E-state index in [9.17, 15) is 9.59 Å². The van der Waals surface area contributed by atoms with E-state index < -0.39 is 0 Å². The van der Waals surface area contributed by atoms with Gasteiger partial charge in [0.05, 0.1) is 17.5 Å². The van der Waals surface area contributed by atoms with Crippen molar-refractivity contribution in [2.24, 2.45) is 0 Å². The average Bonchev–Trinajstić information content (AvgIpc) is 3.35. The normalized spacial score (nSPS) is 20.2. The highest BCUT2D eigenvalue weighted by Crippen LogP contribution is 2.39. The van der Waals surface area contributed by atoms with Gasteiger partial charge in [0, 0.05) is 41.5 Å². The number of aromatic nitrogens is 2. The molecule has 2 aromatic carbocycles. The van der Waals surface area contributed by atoms with E-state index in [-0.39, 0.29) is 24.1 Å². The highest BCUT2D eigenvalue weighted by molar-refractivity contribution is 8.00. The van der Waals surface area contributed by atoms with E-state index >= 15 is 0 Å². The number of ether oxygens (including phenoxy) is 1. The van der Waals surface area contributed by atoms with Crippen LogP contribution in [-0.4, -0.2) is 40.9 Å². The SMILES string of the molecule is Cc1cnc(Nc2ccc3c(c2)[C@H]2NC(=O)OC2C3)nc1Nc1ccc2c(c1)N(C)C(=O)CS2. The second-order valence-electron chi connectivity index (χ2n) is 8.58. The van der Waals surface area contributed by atoms with Gasteiger partial charge in [0.25, 0.3) is 0 Å². The van der Waals surface area contributed by atoms with Gasteiger partial charge >= 0.3 is 6.09 Å². The summed E-state index contributed by atoms with van der Waals surface area (Å²) < 4.78 is 5.33. The Morgan fingerprint density at radius 3 is 2.85 bits per heavy atom. The van der Waals surface area contributed by atoms with Crippen LogP contribution in [0, 0.1) is 6.92 Å². The Balaban J connectivity index is 1.23. The number of amides is 2. The van der Waals surface area contributed by atoms with Crippen molar-refractivity contribution in [3.8, 4) is 0 Å². The van der Waals surface area contributed by atoms with Gasteiger partial charge in [-0.05, 0) is 48.4 Å². The molecular weight excluding hydrogens is 452 g/mol. The fourth-order valence-electron chi connectivity index (χ4n) is 4.51. The number of alkyl carbamates (subject to hydrolysis) is 1.